The van der Waals surface area contributed by atoms with Crippen molar-refractivity contribution in [3.63, 3.8) is 0 Å². The summed E-state index contributed by atoms with van der Waals surface area (Å²) in [6.45, 7) is 4.35. The minimum Gasteiger partial charge on any atom is -0.494 e. The first kappa shape index (κ1) is 23.8. The van der Waals surface area contributed by atoms with Crippen LogP contribution in [-0.4, -0.2) is 31.5 Å². The SMILES string of the molecule is CCOc1ccc(N2C(=O)[C@@H]3[C@H](c4ccccc4C)N[C@](C(=O)OC)(c4ccccc4)[C@H]3C2=O)cc1. The van der Waals surface area contributed by atoms with Crippen LogP contribution in [0.25, 0.3) is 0 Å². The zero-order chi connectivity index (χ0) is 25.4. The van der Waals surface area contributed by atoms with Crippen molar-refractivity contribution < 1.29 is 23.9 Å². The number of esters is 1. The number of methoxy groups -OCH3 is 1. The number of aryl methyl sites for hydroxylation is 1. The molecule has 36 heavy (non-hydrogen) atoms. The van der Waals surface area contributed by atoms with Crippen molar-refractivity contribution in [3.8, 4) is 5.75 Å². The summed E-state index contributed by atoms with van der Waals surface area (Å²) in [6, 6.07) is 23.0. The molecular weight excluding hydrogens is 456 g/mol. The summed E-state index contributed by atoms with van der Waals surface area (Å²) in [5, 5.41) is 3.43. The number of imide groups is 1. The van der Waals surface area contributed by atoms with Crippen LogP contribution in [0.1, 0.15) is 29.7 Å². The van der Waals surface area contributed by atoms with Gasteiger partial charge in [-0.1, -0.05) is 54.6 Å². The second kappa shape index (κ2) is 9.24. The summed E-state index contributed by atoms with van der Waals surface area (Å²) in [5.74, 6) is -2.54. The lowest BCUT2D eigenvalue weighted by Crippen LogP contribution is -2.53. The highest BCUT2D eigenvalue weighted by Crippen LogP contribution is 2.54. The molecule has 7 nitrogen and oxygen atoms in total. The lowest BCUT2D eigenvalue weighted by molar-refractivity contribution is -0.152. The van der Waals surface area contributed by atoms with Crippen LogP contribution in [0.3, 0.4) is 0 Å². The molecule has 2 fully saturated rings. The normalized spacial score (nSPS) is 25.1. The van der Waals surface area contributed by atoms with Crippen molar-refractivity contribution in [3.05, 3.63) is 95.6 Å². The van der Waals surface area contributed by atoms with Gasteiger partial charge in [0.15, 0.2) is 5.54 Å². The van der Waals surface area contributed by atoms with Gasteiger partial charge in [-0.25, -0.2) is 9.69 Å². The van der Waals surface area contributed by atoms with E-state index < -0.39 is 35.3 Å². The molecule has 2 aliphatic rings. The Morgan fingerprint density at radius 1 is 0.944 bits per heavy atom. The molecule has 2 heterocycles. The molecule has 0 aromatic heterocycles. The van der Waals surface area contributed by atoms with Crippen molar-refractivity contribution >= 4 is 23.5 Å². The third-order valence-corrected chi connectivity index (χ3v) is 7.23. The zero-order valence-electron chi connectivity index (χ0n) is 20.4. The van der Waals surface area contributed by atoms with Gasteiger partial charge in [-0.05, 0) is 54.8 Å². The van der Waals surface area contributed by atoms with Gasteiger partial charge in [0.2, 0.25) is 11.8 Å². The molecular formula is C29H28N2O5. The molecule has 2 amide bonds. The van der Waals surface area contributed by atoms with Gasteiger partial charge in [0, 0.05) is 6.04 Å². The van der Waals surface area contributed by atoms with E-state index in [0.717, 1.165) is 11.1 Å². The van der Waals surface area contributed by atoms with Crippen LogP contribution >= 0.6 is 0 Å². The molecule has 3 aromatic rings. The quantitative estimate of drug-likeness (QED) is 0.422. The molecule has 2 aliphatic heterocycles. The molecule has 0 aliphatic carbocycles. The first-order chi connectivity index (χ1) is 17.4. The van der Waals surface area contributed by atoms with Crippen molar-refractivity contribution in [2.24, 2.45) is 11.8 Å². The number of nitrogens with zero attached hydrogens (tertiary/aromatic N) is 1. The largest absolute Gasteiger partial charge is 0.494 e. The molecule has 1 N–H and O–H groups in total. The van der Waals surface area contributed by atoms with Crippen molar-refractivity contribution in [1.82, 2.24) is 5.32 Å². The number of amides is 2. The molecule has 0 spiro atoms. The number of rotatable bonds is 6. The third-order valence-electron chi connectivity index (χ3n) is 7.23. The Kier molecular flexibility index (Phi) is 6.10. The number of hydrogen-bond donors (Lipinski definition) is 1. The van der Waals surface area contributed by atoms with Gasteiger partial charge in [-0.2, -0.15) is 0 Å². The number of carbonyl (C=O) groups excluding carboxylic acids is 3. The van der Waals surface area contributed by atoms with E-state index in [4.69, 9.17) is 9.47 Å². The first-order valence-corrected chi connectivity index (χ1v) is 12.0. The fourth-order valence-electron chi connectivity index (χ4n) is 5.66. The number of benzene rings is 3. The molecule has 4 atom stereocenters. The highest BCUT2D eigenvalue weighted by molar-refractivity contribution is 6.24. The standard InChI is InChI=1S/C29H28N2O5/c1-4-36-21-16-14-20(15-17-21)31-26(32)23-24(27(31)33)29(28(34)35-3,19-11-6-5-7-12-19)30-25(23)22-13-9-8-10-18(22)2/h5-17,23-25,30H,4H2,1-3H3/t23-,24+,25-,29+/m0/s1. The highest BCUT2D eigenvalue weighted by atomic mass is 16.5. The van der Waals surface area contributed by atoms with Gasteiger partial charge in [-0.3, -0.25) is 14.9 Å². The Morgan fingerprint density at radius 2 is 1.61 bits per heavy atom. The Bertz CT molecular complexity index is 1310. The summed E-state index contributed by atoms with van der Waals surface area (Å²) in [4.78, 5) is 42.9. The van der Waals surface area contributed by atoms with E-state index in [2.05, 4.69) is 5.32 Å². The molecule has 7 heteroatoms. The maximum absolute atomic E-state index is 14.1. The van der Waals surface area contributed by atoms with E-state index in [1.165, 1.54) is 12.0 Å². The number of nitrogens with one attached hydrogen (secondary N) is 1. The van der Waals surface area contributed by atoms with E-state index in [9.17, 15) is 14.4 Å². The monoisotopic (exact) mass is 484 g/mol. The van der Waals surface area contributed by atoms with Gasteiger partial charge in [0.25, 0.3) is 0 Å². The van der Waals surface area contributed by atoms with Crippen LogP contribution in [-0.2, 0) is 24.7 Å². The van der Waals surface area contributed by atoms with Gasteiger partial charge in [0.05, 0.1) is 31.2 Å². The number of fused-ring (bicyclic) bond motifs is 1. The zero-order valence-corrected chi connectivity index (χ0v) is 20.4. The second-order valence-electron chi connectivity index (χ2n) is 9.09. The highest BCUT2D eigenvalue weighted by Gasteiger charge is 2.69. The lowest BCUT2D eigenvalue weighted by Gasteiger charge is -2.33. The lowest BCUT2D eigenvalue weighted by atomic mass is 9.75. The van der Waals surface area contributed by atoms with Gasteiger partial charge in [0.1, 0.15) is 5.75 Å². The predicted molar refractivity (Wildman–Crippen MR) is 134 cm³/mol. The summed E-state index contributed by atoms with van der Waals surface area (Å²) >= 11 is 0. The topological polar surface area (TPSA) is 84.9 Å². The van der Waals surface area contributed by atoms with Crippen LogP contribution in [0.2, 0.25) is 0 Å². The second-order valence-corrected chi connectivity index (χ2v) is 9.09. The summed E-state index contributed by atoms with van der Waals surface area (Å²) in [7, 11) is 1.30. The van der Waals surface area contributed by atoms with Crippen LogP contribution < -0.4 is 15.0 Å². The average Bonchev–Trinajstić information content (AvgIpc) is 3.39. The van der Waals surface area contributed by atoms with Crippen molar-refractivity contribution in [2.45, 2.75) is 25.4 Å². The van der Waals surface area contributed by atoms with Crippen LogP contribution in [0, 0.1) is 18.8 Å². The third kappa shape index (κ3) is 3.50. The van der Waals surface area contributed by atoms with Crippen LogP contribution in [0.4, 0.5) is 5.69 Å². The van der Waals surface area contributed by atoms with Crippen LogP contribution in [0.5, 0.6) is 5.75 Å². The van der Waals surface area contributed by atoms with E-state index in [0.29, 0.717) is 23.6 Å². The minimum absolute atomic E-state index is 0.350. The summed E-state index contributed by atoms with van der Waals surface area (Å²) in [6.07, 6.45) is 0. The molecule has 0 bridgehead atoms. The molecule has 5 rings (SSSR count). The molecule has 0 saturated carbocycles. The summed E-state index contributed by atoms with van der Waals surface area (Å²) < 4.78 is 10.8. The van der Waals surface area contributed by atoms with E-state index >= 15 is 0 Å². The molecule has 184 valence electrons. The Labute approximate surface area is 210 Å². The smallest absolute Gasteiger partial charge is 0.331 e. The molecule has 0 unspecified atom stereocenters. The minimum atomic E-state index is -1.53. The van der Waals surface area contributed by atoms with Gasteiger partial charge < -0.3 is 9.47 Å². The fraction of sp³-hybridized carbons (Fsp3) is 0.276. The maximum Gasteiger partial charge on any atom is 0.331 e. The summed E-state index contributed by atoms with van der Waals surface area (Å²) in [5.41, 5.74) is 1.32. The van der Waals surface area contributed by atoms with Gasteiger partial charge in [-0.15, -0.1) is 0 Å². The number of carbonyl (C=O) groups is 3. The number of ether oxygens (including phenoxy) is 2. The number of anilines is 1. The molecule has 0 radical (unpaired) electrons. The van der Waals surface area contributed by atoms with E-state index in [-0.39, 0.29) is 5.91 Å². The predicted octanol–water partition coefficient (Wildman–Crippen LogP) is 3.91. The van der Waals surface area contributed by atoms with Crippen molar-refractivity contribution in [2.75, 3.05) is 18.6 Å². The average molecular weight is 485 g/mol. The van der Waals surface area contributed by atoms with Crippen LogP contribution in [0.15, 0.2) is 78.9 Å². The molecule has 2 saturated heterocycles. The van der Waals surface area contributed by atoms with E-state index in [1.54, 1.807) is 36.4 Å². The Hall–Kier alpha value is -3.97. The fourth-order valence-corrected chi connectivity index (χ4v) is 5.66. The maximum atomic E-state index is 14.1. The first-order valence-electron chi connectivity index (χ1n) is 12.0. The Morgan fingerprint density at radius 3 is 2.25 bits per heavy atom. The molecule has 3 aromatic carbocycles. The number of hydrogen-bond acceptors (Lipinski definition) is 6. The Balaban J connectivity index is 1.69. The van der Waals surface area contributed by atoms with Gasteiger partial charge >= 0.3 is 5.97 Å². The van der Waals surface area contributed by atoms with Crippen molar-refractivity contribution in [1.29, 1.82) is 0 Å². The van der Waals surface area contributed by atoms with E-state index in [1.807, 2.05) is 56.3 Å².